The van der Waals surface area contributed by atoms with Gasteiger partial charge >= 0.3 is 6.01 Å². The van der Waals surface area contributed by atoms with Gasteiger partial charge in [0.05, 0.1) is 18.4 Å². The molecule has 0 unspecified atom stereocenters. The fourth-order valence-electron chi connectivity index (χ4n) is 4.65. The van der Waals surface area contributed by atoms with Crippen molar-refractivity contribution in [3.8, 4) is 11.8 Å². The molecule has 8 nitrogen and oxygen atoms in total. The van der Waals surface area contributed by atoms with E-state index in [9.17, 15) is 4.39 Å². The van der Waals surface area contributed by atoms with E-state index in [2.05, 4.69) is 30.5 Å². The first-order chi connectivity index (χ1) is 15.6. The van der Waals surface area contributed by atoms with Crippen LogP contribution in [0, 0.1) is 11.8 Å². The number of anilines is 2. The molecule has 168 valence electrons. The maximum absolute atomic E-state index is 13.1. The zero-order valence-electron chi connectivity index (χ0n) is 17.2. The van der Waals surface area contributed by atoms with Gasteiger partial charge < -0.3 is 15.0 Å². The summed E-state index contributed by atoms with van der Waals surface area (Å²) >= 11 is 12.1. The summed E-state index contributed by atoms with van der Waals surface area (Å²) < 4.78 is 20.4. The van der Waals surface area contributed by atoms with E-state index >= 15 is 0 Å². The first kappa shape index (κ1) is 21.2. The summed E-state index contributed by atoms with van der Waals surface area (Å²) in [6, 6.07) is 9.30. The van der Waals surface area contributed by atoms with Crippen molar-refractivity contribution in [2.75, 3.05) is 30.0 Å². The van der Waals surface area contributed by atoms with E-state index in [1.807, 2.05) is 6.07 Å². The van der Waals surface area contributed by atoms with Crippen LogP contribution in [0.15, 0.2) is 36.5 Å². The highest BCUT2D eigenvalue weighted by Gasteiger charge is 2.42. The van der Waals surface area contributed by atoms with E-state index in [4.69, 9.17) is 27.9 Å². The normalized spacial score (nSPS) is 22.2. The third-order valence-electron chi connectivity index (χ3n) is 6.04. The summed E-state index contributed by atoms with van der Waals surface area (Å²) in [7, 11) is 0. The first-order valence-corrected chi connectivity index (χ1v) is 11.3. The van der Waals surface area contributed by atoms with Crippen LogP contribution in [0.25, 0.3) is 0 Å². The van der Waals surface area contributed by atoms with Crippen molar-refractivity contribution in [2.45, 2.75) is 25.4 Å². The van der Waals surface area contributed by atoms with Crippen LogP contribution in [-0.4, -0.2) is 50.8 Å². The topological polar surface area (TPSA) is 81.0 Å². The highest BCUT2D eigenvalue weighted by molar-refractivity contribution is 6.30. The Labute approximate surface area is 194 Å². The van der Waals surface area contributed by atoms with Crippen molar-refractivity contribution < 1.29 is 9.13 Å². The minimum atomic E-state index is -0.569. The Bertz CT molecular complexity index is 1080. The summed E-state index contributed by atoms with van der Waals surface area (Å²) in [6.07, 6.45) is 3.98. The molecule has 2 fully saturated rings. The SMILES string of the molecule is FCCn1nc(N[C@H]2[C@@H]3CC[C@H]2CN(c2cnnc(Cl)c2)C3)nc1Oc1cccc(Cl)c1. The van der Waals surface area contributed by atoms with Crippen LogP contribution in [0.4, 0.5) is 16.0 Å². The molecule has 0 amide bonds. The number of piperidine rings is 1. The van der Waals surface area contributed by atoms with E-state index in [0.717, 1.165) is 31.6 Å². The summed E-state index contributed by atoms with van der Waals surface area (Å²) in [5.41, 5.74) is 0.989. The molecule has 2 aliphatic rings. The van der Waals surface area contributed by atoms with Gasteiger partial charge in [-0.1, -0.05) is 29.3 Å². The van der Waals surface area contributed by atoms with Gasteiger partial charge in [-0.25, -0.2) is 9.07 Å². The molecule has 5 rings (SSSR count). The molecule has 2 bridgehead atoms. The number of benzene rings is 1. The van der Waals surface area contributed by atoms with Gasteiger partial charge in [0, 0.05) is 30.2 Å². The van der Waals surface area contributed by atoms with Gasteiger partial charge in [-0.15, -0.1) is 10.2 Å². The van der Waals surface area contributed by atoms with Crippen molar-refractivity contribution in [1.29, 1.82) is 0 Å². The molecule has 0 radical (unpaired) electrons. The van der Waals surface area contributed by atoms with Gasteiger partial charge in [-0.05, 0) is 42.9 Å². The Kier molecular flexibility index (Phi) is 6.01. The summed E-state index contributed by atoms with van der Waals surface area (Å²) in [6.45, 7) is 1.26. The summed E-state index contributed by atoms with van der Waals surface area (Å²) in [4.78, 5) is 6.80. The number of aromatic nitrogens is 5. The number of hydrogen-bond acceptors (Lipinski definition) is 7. The van der Waals surface area contributed by atoms with Crippen molar-refractivity contribution in [3.63, 3.8) is 0 Å². The molecule has 0 spiro atoms. The van der Waals surface area contributed by atoms with Crippen LogP contribution in [0.5, 0.6) is 11.8 Å². The predicted octanol–water partition coefficient (Wildman–Crippen LogP) is 4.46. The number of aryl methyl sites for hydroxylation is 1. The molecule has 1 saturated heterocycles. The highest BCUT2D eigenvalue weighted by Crippen LogP contribution is 2.40. The quantitative estimate of drug-likeness (QED) is 0.537. The molecule has 1 aliphatic heterocycles. The Morgan fingerprint density at radius 3 is 2.69 bits per heavy atom. The lowest BCUT2D eigenvalue weighted by Crippen LogP contribution is -2.48. The highest BCUT2D eigenvalue weighted by atomic mass is 35.5. The van der Waals surface area contributed by atoms with Crippen LogP contribution < -0.4 is 15.0 Å². The Balaban J connectivity index is 1.31. The number of nitrogens with zero attached hydrogens (tertiary/aromatic N) is 6. The number of rotatable bonds is 7. The smallest absolute Gasteiger partial charge is 0.322 e. The average Bonchev–Trinajstić information content (AvgIpc) is 3.23. The van der Waals surface area contributed by atoms with Crippen LogP contribution in [0.3, 0.4) is 0 Å². The number of nitrogens with one attached hydrogen (secondary N) is 1. The van der Waals surface area contributed by atoms with Crippen molar-refractivity contribution >= 4 is 34.8 Å². The summed E-state index contributed by atoms with van der Waals surface area (Å²) in [5.74, 6) is 1.81. The summed E-state index contributed by atoms with van der Waals surface area (Å²) in [5, 5.41) is 16.7. The van der Waals surface area contributed by atoms with Crippen LogP contribution >= 0.6 is 23.2 Å². The Morgan fingerprint density at radius 2 is 1.97 bits per heavy atom. The molecule has 1 N–H and O–H groups in total. The van der Waals surface area contributed by atoms with Gasteiger partial charge in [0.25, 0.3) is 0 Å². The fourth-order valence-corrected chi connectivity index (χ4v) is 4.98. The zero-order chi connectivity index (χ0) is 22.1. The van der Waals surface area contributed by atoms with Crippen LogP contribution in [-0.2, 0) is 6.54 Å². The lowest BCUT2D eigenvalue weighted by molar-refractivity contribution is 0.363. The molecule has 3 atom stereocenters. The molecule has 3 heterocycles. The second kappa shape index (κ2) is 9.07. The molecule has 32 heavy (non-hydrogen) atoms. The van der Waals surface area contributed by atoms with Gasteiger partial charge in [0.15, 0.2) is 5.15 Å². The molecule has 2 aromatic heterocycles. The standard InChI is InChI=1S/C21H22Cl2FN7O/c22-15-2-1-3-17(8-15)32-21-27-20(29-31(21)7-6-24)26-19-13-4-5-14(19)12-30(11-13)16-9-18(23)28-25-10-16/h1-3,8-10,13-14,19H,4-7,11-12H2,(H,26,29)/t13-,14+,19+. The molecule has 1 aliphatic carbocycles. The monoisotopic (exact) mass is 477 g/mol. The third-order valence-corrected chi connectivity index (χ3v) is 6.46. The number of fused-ring (bicyclic) bond motifs is 2. The fraction of sp³-hybridized carbons (Fsp3) is 0.429. The molecular weight excluding hydrogens is 456 g/mol. The maximum Gasteiger partial charge on any atom is 0.322 e. The minimum Gasteiger partial charge on any atom is -0.424 e. The number of ether oxygens (including phenoxy) is 1. The minimum absolute atomic E-state index is 0.0612. The van der Waals surface area contributed by atoms with Crippen molar-refractivity contribution in [2.24, 2.45) is 11.8 Å². The number of hydrogen-bond donors (Lipinski definition) is 1. The number of halogens is 3. The largest absolute Gasteiger partial charge is 0.424 e. The first-order valence-electron chi connectivity index (χ1n) is 10.5. The van der Waals surface area contributed by atoms with E-state index in [-0.39, 0.29) is 18.6 Å². The van der Waals surface area contributed by atoms with Crippen LogP contribution in [0.2, 0.25) is 10.2 Å². The van der Waals surface area contributed by atoms with E-state index in [0.29, 0.717) is 33.7 Å². The van der Waals surface area contributed by atoms with Crippen molar-refractivity contribution in [1.82, 2.24) is 25.0 Å². The molecule has 1 saturated carbocycles. The van der Waals surface area contributed by atoms with Crippen molar-refractivity contribution in [3.05, 3.63) is 46.7 Å². The third kappa shape index (κ3) is 4.45. The van der Waals surface area contributed by atoms with Gasteiger partial charge in [-0.2, -0.15) is 10.1 Å². The van der Waals surface area contributed by atoms with Gasteiger partial charge in [0.1, 0.15) is 12.4 Å². The average molecular weight is 478 g/mol. The lowest BCUT2D eigenvalue weighted by Gasteiger charge is -2.39. The zero-order valence-corrected chi connectivity index (χ0v) is 18.7. The molecule has 1 aromatic carbocycles. The second-order valence-corrected chi connectivity index (χ2v) is 8.92. The van der Waals surface area contributed by atoms with E-state index in [1.54, 1.807) is 30.5 Å². The van der Waals surface area contributed by atoms with E-state index in [1.165, 1.54) is 4.68 Å². The van der Waals surface area contributed by atoms with Gasteiger partial charge in [0.2, 0.25) is 5.95 Å². The molecular formula is C21H22Cl2FN7O. The lowest BCUT2D eigenvalue weighted by atomic mass is 9.92. The Hall–Kier alpha value is -2.65. The number of alkyl halides is 1. The van der Waals surface area contributed by atoms with Gasteiger partial charge in [-0.3, -0.25) is 0 Å². The molecule has 11 heteroatoms. The van der Waals surface area contributed by atoms with E-state index < -0.39 is 6.67 Å². The molecule has 3 aromatic rings. The predicted molar refractivity (Wildman–Crippen MR) is 120 cm³/mol. The maximum atomic E-state index is 13.1. The second-order valence-electron chi connectivity index (χ2n) is 8.10. The van der Waals surface area contributed by atoms with Crippen LogP contribution in [0.1, 0.15) is 12.8 Å². The Morgan fingerprint density at radius 1 is 1.16 bits per heavy atom.